The van der Waals surface area contributed by atoms with Crippen LogP contribution < -0.4 is 11.5 Å². The van der Waals surface area contributed by atoms with Crippen LogP contribution in [-0.4, -0.2) is 62.2 Å². The smallest absolute Gasteiger partial charge is 0.000672 e. The van der Waals surface area contributed by atoms with Crippen LogP contribution in [0.4, 0.5) is 0 Å². The van der Waals surface area contributed by atoms with Crippen molar-refractivity contribution in [2.45, 2.75) is 38.5 Å². The standard InChI is InChI=1S/C14H32N4/c15-7-5-13-17-9-1-2-10-18(14-6-8-16)12-4-3-11-17/h1-16H2. The van der Waals surface area contributed by atoms with Crippen molar-refractivity contribution in [3.63, 3.8) is 0 Å². The van der Waals surface area contributed by atoms with Crippen LogP contribution >= 0.6 is 0 Å². The number of rotatable bonds is 6. The third-order valence-corrected chi connectivity index (χ3v) is 3.75. The normalized spacial score (nSPS) is 21.0. The van der Waals surface area contributed by atoms with Crippen molar-refractivity contribution >= 4 is 0 Å². The van der Waals surface area contributed by atoms with Crippen molar-refractivity contribution in [3.8, 4) is 0 Å². The average Bonchev–Trinajstić information content (AvgIpc) is 2.41. The molecule has 0 unspecified atom stereocenters. The Kier molecular flexibility index (Phi) is 9.48. The van der Waals surface area contributed by atoms with Gasteiger partial charge >= 0.3 is 0 Å². The predicted octanol–water partition coefficient (Wildman–Crippen LogP) is 0.862. The van der Waals surface area contributed by atoms with E-state index in [2.05, 4.69) is 9.80 Å². The number of nitrogens with zero attached hydrogens (tertiary/aromatic N) is 2. The average molecular weight is 256 g/mol. The lowest BCUT2D eigenvalue weighted by molar-refractivity contribution is 0.209. The van der Waals surface area contributed by atoms with Gasteiger partial charge in [0.2, 0.25) is 0 Å². The summed E-state index contributed by atoms with van der Waals surface area (Å²) in [4.78, 5) is 5.20. The maximum Gasteiger partial charge on any atom is -0.000672 e. The Balaban J connectivity index is 2.22. The van der Waals surface area contributed by atoms with Gasteiger partial charge in [-0.15, -0.1) is 0 Å². The van der Waals surface area contributed by atoms with Crippen LogP contribution in [0.3, 0.4) is 0 Å². The first kappa shape index (κ1) is 15.9. The number of nitrogens with two attached hydrogens (primary N) is 2. The van der Waals surface area contributed by atoms with Crippen LogP contribution in [0.2, 0.25) is 0 Å². The fourth-order valence-corrected chi connectivity index (χ4v) is 2.64. The molecular formula is C14H32N4. The van der Waals surface area contributed by atoms with Crippen molar-refractivity contribution in [2.24, 2.45) is 11.5 Å². The van der Waals surface area contributed by atoms with Crippen LogP contribution in [-0.2, 0) is 0 Å². The van der Waals surface area contributed by atoms with Crippen LogP contribution in [0, 0.1) is 0 Å². The molecule has 0 aromatic heterocycles. The van der Waals surface area contributed by atoms with E-state index < -0.39 is 0 Å². The molecule has 0 spiro atoms. The van der Waals surface area contributed by atoms with Crippen LogP contribution in [0.25, 0.3) is 0 Å². The topological polar surface area (TPSA) is 58.5 Å². The first-order chi connectivity index (χ1) is 8.86. The summed E-state index contributed by atoms with van der Waals surface area (Å²) < 4.78 is 0. The minimum atomic E-state index is 0.823. The Morgan fingerprint density at radius 1 is 0.611 bits per heavy atom. The molecule has 0 aromatic carbocycles. The molecule has 18 heavy (non-hydrogen) atoms. The van der Waals surface area contributed by atoms with E-state index in [1.807, 2.05) is 0 Å². The molecule has 4 heteroatoms. The maximum absolute atomic E-state index is 5.59. The molecule has 4 N–H and O–H groups in total. The summed E-state index contributed by atoms with van der Waals surface area (Å²) in [5.74, 6) is 0. The van der Waals surface area contributed by atoms with Crippen molar-refractivity contribution in [3.05, 3.63) is 0 Å². The highest BCUT2D eigenvalue weighted by Gasteiger charge is 2.09. The van der Waals surface area contributed by atoms with Gasteiger partial charge in [-0.25, -0.2) is 0 Å². The molecule has 108 valence electrons. The lowest BCUT2D eigenvalue weighted by atomic mass is 10.2. The Hall–Kier alpha value is -0.160. The fourth-order valence-electron chi connectivity index (χ4n) is 2.64. The second kappa shape index (κ2) is 10.7. The lowest BCUT2D eigenvalue weighted by Gasteiger charge is -2.27. The van der Waals surface area contributed by atoms with E-state index in [1.54, 1.807) is 0 Å². The summed E-state index contributed by atoms with van der Waals surface area (Å²) in [6.45, 7) is 9.04. The largest absolute Gasteiger partial charge is 0.330 e. The van der Waals surface area contributed by atoms with Gasteiger partial charge in [0.1, 0.15) is 0 Å². The van der Waals surface area contributed by atoms with Gasteiger partial charge in [0, 0.05) is 0 Å². The summed E-state index contributed by atoms with van der Waals surface area (Å²) in [7, 11) is 0. The van der Waals surface area contributed by atoms with E-state index in [-0.39, 0.29) is 0 Å². The van der Waals surface area contributed by atoms with Gasteiger partial charge in [0.15, 0.2) is 0 Å². The summed E-state index contributed by atoms with van der Waals surface area (Å²) in [5.41, 5.74) is 11.2. The summed E-state index contributed by atoms with van der Waals surface area (Å²) in [6.07, 6.45) is 7.58. The van der Waals surface area contributed by atoms with Crippen molar-refractivity contribution in [1.82, 2.24) is 9.80 Å². The Morgan fingerprint density at radius 2 is 0.944 bits per heavy atom. The lowest BCUT2D eigenvalue weighted by Crippen LogP contribution is -2.33. The zero-order chi connectivity index (χ0) is 13.1. The van der Waals surface area contributed by atoms with E-state index in [4.69, 9.17) is 11.5 Å². The Morgan fingerprint density at radius 3 is 1.22 bits per heavy atom. The Labute approximate surface area is 113 Å². The van der Waals surface area contributed by atoms with Crippen molar-refractivity contribution in [1.29, 1.82) is 0 Å². The third kappa shape index (κ3) is 7.31. The second-order valence-electron chi connectivity index (χ2n) is 5.38. The van der Waals surface area contributed by atoms with Crippen LogP contribution in [0.15, 0.2) is 0 Å². The van der Waals surface area contributed by atoms with Gasteiger partial charge in [-0.05, 0) is 90.9 Å². The molecule has 1 heterocycles. The molecule has 0 saturated carbocycles. The molecule has 0 radical (unpaired) electrons. The van der Waals surface area contributed by atoms with Gasteiger partial charge in [0.05, 0.1) is 0 Å². The SMILES string of the molecule is NCCCN1CCCCN(CCCN)CCCC1. The van der Waals surface area contributed by atoms with Crippen LogP contribution in [0.5, 0.6) is 0 Å². The zero-order valence-corrected chi connectivity index (χ0v) is 11.9. The second-order valence-corrected chi connectivity index (χ2v) is 5.38. The minimum absolute atomic E-state index is 0.823. The van der Waals surface area contributed by atoms with Gasteiger partial charge in [-0.3, -0.25) is 0 Å². The van der Waals surface area contributed by atoms with E-state index in [9.17, 15) is 0 Å². The summed E-state index contributed by atoms with van der Waals surface area (Å²) in [5, 5.41) is 0. The van der Waals surface area contributed by atoms with Crippen LogP contribution in [0.1, 0.15) is 38.5 Å². The minimum Gasteiger partial charge on any atom is -0.330 e. The molecular weight excluding hydrogens is 224 g/mol. The molecule has 1 rings (SSSR count). The van der Waals surface area contributed by atoms with E-state index in [1.165, 1.54) is 65.0 Å². The maximum atomic E-state index is 5.59. The van der Waals surface area contributed by atoms with Gasteiger partial charge in [-0.1, -0.05) is 0 Å². The summed E-state index contributed by atoms with van der Waals surface area (Å²) in [6, 6.07) is 0. The first-order valence-corrected chi connectivity index (χ1v) is 7.71. The molecule has 1 saturated heterocycles. The molecule has 0 atom stereocenters. The predicted molar refractivity (Wildman–Crippen MR) is 78.7 cm³/mol. The molecule has 0 aliphatic carbocycles. The fraction of sp³-hybridized carbons (Fsp3) is 1.00. The Bertz CT molecular complexity index is 155. The summed E-state index contributed by atoms with van der Waals surface area (Å²) >= 11 is 0. The molecule has 4 nitrogen and oxygen atoms in total. The third-order valence-electron chi connectivity index (χ3n) is 3.75. The number of hydrogen-bond donors (Lipinski definition) is 2. The van der Waals surface area contributed by atoms with Crippen molar-refractivity contribution in [2.75, 3.05) is 52.4 Å². The highest BCUT2D eigenvalue weighted by atomic mass is 15.1. The van der Waals surface area contributed by atoms with E-state index >= 15 is 0 Å². The zero-order valence-electron chi connectivity index (χ0n) is 11.9. The van der Waals surface area contributed by atoms with E-state index in [0.29, 0.717) is 0 Å². The molecule has 0 amide bonds. The molecule has 0 bridgehead atoms. The van der Waals surface area contributed by atoms with Gasteiger partial charge in [-0.2, -0.15) is 0 Å². The van der Waals surface area contributed by atoms with Gasteiger partial charge in [0.25, 0.3) is 0 Å². The highest BCUT2D eigenvalue weighted by Crippen LogP contribution is 2.07. The molecule has 1 fully saturated rings. The number of hydrogen-bond acceptors (Lipinski definition) is 4. The molecule has 1 aliphatic rings. The van der Waals surface area contributed by atoms with Crippen molar-refractivity contribution < 1.29 is 0 Å². The quantitative estimate of drug-likeness (QED) is 0.740. The first-order valence-electron chi connectivity index (χ1n) is 7.71. The highest BCUT2D eigenvalue weighted by molar-refractivity contribution is 4.66. The molecule has 0 aromatic rings. The monoisotopic (exact) mass is 256 g/mol. The van der Waals surface area contributed by atoms with E-state index in [0.717, 1.165) is 25.9 Å². The van der Waals surface area contributed by atoms with Gasteiger partial charge < -0.3 is 21.3 Å². The molecule has 1 aliphatic heterocycles.